The zero-order valence-corrected chi connectivity index (χ0v) is 13.1. The molecule has 2 saturated heterocycles. The molecule has 0 aliphatic carbocycles. The monoisotopic (exact) mass is 304 g/mol. The first kappa shape index (κ1) is 15.3. The summed E-state index contributed by atoms with van der Waals surface area (Å²) < 4.78 is 11.4. The van der Waals surface area contributed by atoms with Crippen molar-refractivity contribution >= 4 is 5.91 Å². The minimum Gasteiger partial charge on any atom is -0.488 e. The summed E-state index contributed by atoms with van der Waals surface area (Å²) in [7, 11) is 0. The molecular weight excluding hydrogens is 280 g/mol. The number of nitrogens with one attached hydrogen (secondary N) is 2. The highest BCUT2D eigenvalue weighted by Gasteiger charge is 2.23. The number of hydrogen-bond acceptors (Lipinski definition) is 4. The summed E-state index contributed by atoms with van der Waals surface area (Å²) in [6.07, 6.45) is 1.96. The zero-order chi connectivity index (χ0) is 15.4. The van der Waals surface area contributed by atoms with E-state index in [4.69, 9.17) is 9.47 Å². The van der Waals surface area contributed by atoms with Gasteiger partial charge in [-0.3, -0.25) is 4.79 Å². The van der Waals surface area contributed by atoms with Crippen molar-refractivity contribution in [2.75, 3.05) is 26.3 Å². The van der Waals surface area contributed by atoms with Crippen LogP contribution in [-0.4, -0.2) is 38.3 Å². The van der Waals surface area contributed by atoms with Gasteiger partial charge in [0.1, 0.15) is 11.9 Å². The number of aryl methyl sites for hydroxylation is 1. The summed E-state index contributed by atoms with van der Waals surface area (Å²) in [6.45, 7) is 5.68. The van der Waals surface area contributed by atoms with Crippen LogP contribution in [0.15, 0.2) is 18.2 Å². The van der Waals surface area contributed by atoms with Gasteiger partial charge in [0.2, 0.25) is 5.91 Å². The van der Waals surface area contributed by atoms with Gasteiger partial charge in [0, 0.05) is 25.1 Å². The Kier molecular flexibility index (Phi) is 4.95. The molecule has 1 aromatic carbocycles. The Morgan fingerprint density at radius 3 is 3.09 bits per heavy atom. The predicted molar refractivity (Wildman–Crippen MR) is 83.9 cm³/mol. The third kappa shape index (κ3) is 3.78. The minimum absolute atomic E-state index is 0.0954. The first-order valence-electron chi connectivity index (χ1n) is 8.05. The van der Waals surface area contributed by atoms with Gasteiger partial charge in [-0.05, 0) is 31.5 Å². The lowest BCUT2D eigenvalue weighted by Gasteiger charge is -2.17. The van der Waals surface area contributed by atoms with E-state index in [1.54, 1.807) is 0 Å². The van der Waals surface area contributed by atoms with E-state index in [0.717, 1.165) is 49.4 Å². The SMILES string of the molecule is Cc1ccc(CNC(=O)C2CCNC2)c(OC2CCOC2)c1. The second-order valence-electron chi connectivity index (χ2n) is 6.12. The summed E-state index contributed by atoms with van der Waals surface area (Å²) in [5.41, 5.74) is 2.18. The lowest BCUT2D eigenvalue weighted by molar-refractivity contribution is -0.124. The molecule has 2 aliphatic heterocycles. The molecule has 0 aromatic heterocycles. The molecule has 5 heteroatoms. The zero-order valence-electron chi connectivity index (χ0n) is 13.1. The molecule has 2 aliphatic rings. The Balaban J connectivity index is 1.62. The number of hydrogen-bond donors (Lipinski definition) is 2. The molecule has 0 saturated carbocycles. The van der Waals surface area contributed by atoms with Gasteiger partial charge in [0.05, 0.1) is 19.1 Å². The van der Waals surface area contributed by atoms with Gasteiger partial charge in [-0.15, -0.1) is 0 Å². The van der Waals surface area contributed by atoms with Crippen LogP contribution in [0.3, 0.4) is 0 Å². The van der Waals surface area contributed by atoms with Crippen LogP contribution in [0.1, 0.15) is 24.0 Å². The van der Waals surface area contributed by atoms with E-state index >= 15 is 0 Å². The molecule has 0 spiro atoms. The van der Waals surface area contributed by atoms with Crippen LogP contribution in [0.25, 0.3) is 0 Å². The van der Waals surface area contributed by atoms with Crippen molar-refractivity contribution in [1.82, 2.24) is 10.6 Å². The maximum absolute atomic E-state index is 12.1. The third-order valence-corrected chi connectivity index (χ3v) is 4.29. The first-order valence-corrected chi connectivity index (χ1v) is 8.05. The number of rotatable bonds is 5. The quantitative estimate of drug-likeness (QED) is 0.863. The van der Waals surface area contributed by atoms with Crippen LogP contribution in [0.4, 0.5) is 0 Å². The Bertz CT molecular complexity index is 521. The van der Waals surface area contributed by atoms with Gasteiger partial charge in [0.25, 0.3) is 0 Å². The maximum atomic E-state index is 12.1. The van der Waals surface area contributed by atoms with Crippen LogP contribution in [0.5, 0.6) is 5.75 Å². The molecule has 1 aromatic rings. The van der Waals surface area contributed by atoms with Crippen molar-refractivity contribution in [3.05, 3.63) is 29.3 Å². The number of carbonyl (C=O) groups is 1. The topological polar surface area (TPSA) is 59.6 Å². The standard InChI is InChI=1S/C17H24N2O3/c1-12-2-3-13(10-19-17(20)14-4-6-18-9-14)16(8-12)22-15-5-7-21-11-15/h2-3,8,14-15,18H,4-7,9-11H2,1H3,(H,19,20). The second-order valence-corrected chi connectivity index (χ2v) is 6.12. The lowest BCUT2D eigenvalue weighted by Crippen LogP contribution is -2.31. The number of benzene rings is 1. The van der Waals surface area contributed by atoms with Crippen molar-refractivity contribution in [3.63, 3.8) is 0 Å². The molecule has 0 bridgehead atoms. The van der Waals surface area contributed by atoms with Gasteiger partial charge in [-0.2, -0.15) is 0 Å². The fourth-order valence-electron chi connectivity index (χ4n) is 2.91. The molecule has 1 amide bonds. The van der Waals surface area contributed by atoms with Gasteiger partial charge < -0.3 is 20.1 Å². The maximum Gasteiger partial charge on any atom is 0.224 e. The Hall–Kier alpha value is -1.59. The van der Waals surface area contributed by atoms with Crippen LogP contribution < -0.4 is 15.4 Å². The Morgan fingerprint density at radius 1 is 1.45 bits per heavy atom. The summed E-state index contributed by atoms with van der Waals surface area (Å²) in [5, 5.41) is 6.25. The highest BCUT2D eigenvalue weighted by molar-refractivity contribution is 5.79. The van der Waals surface area contributed by atoms with E-state index in [-0.39, 0.29) is 17.9 Å². The largest absolute Gasteiger partial charge is 0.488 e. The van der Waals surface area contributed by atoms with E-state index in [1.165, 1.54) is 0 Å². The summed E-state index contributed by atoms with van der Waals surface area (Å²) in [6, 6.07) is 6.13. The highest BCUT2D eigenvalue weighted by atomic mass is 16.5. The van der Waals surface area contributed by atoms with E-state index in [0.29, 0.717) is 13.2 Å². The molecule has 2 atom stereocenters. The van der Waals surface area contributed by atoms with Crippen LogP contribution in [0, 0.1) is 12.8 Å². The van der Waals surface area contributed by atoms with Gasteiger partial charge in [-0.25, -0.2) is 0 Å². The van der Waals surface area contributed by atoms with Gasteiger partial charge in [0.15, 0.2) is 0 Å². The molecule has 22 heavy (non-hydrogen) atoms. The summed E-state index contributed by atoms with van der Waals surface area (Å²) >= 11 is 0. The second kappa shape index (κ2) is 7.11. The number of carbonyl (C=O) groups excluding carboxylic acids is 1. The van der Waals surface area contributed by atoms with Crippen molar-refractivity contribution < 1.29 is 14.3 Å². The average Bonchev–Trinajstić information content (AvgIpc) is 3.19. The molecule has 2 unspecified atom stereocenters. The van der Waals surface area contributed by atoms with Crippen LogP contribution in [-0.2, 0) is 16.1 Å². The molecular formula is C17H24N2O3. The molecule has 0 radical (unpaired) electrons. The molecule has 5 nitrogen and oxygen atoms in total. The fourth-order valence-corrected chi connectivity index (χ4v) is 2.91. The molecule has 2 fully saturated rings. The van der Waals surface area contributed by atoms with E-state index < -0.39 is 0 Å². The van der Waals surface area contributed by atoms with Gasteiger partial charge >= 0.3 is 0 Å². The van der Waals surface area contributed by atoms with Crippen LogP contribution >= 0.6 is 0 Å². The molecule has 2 N–H and O–H groups in total. The van der Waals surface area contributed by atoms with Crippen LogP contribution in [0.2, 0.25) is 0 Å². The smallest absolute Gasteiger partial charge is 0.224 e. The molecule has 3 rings (SSSR count). The van der Waals surface area contributed by atoms with E-state index in [1.807, 2.05) is 19.1 Å². The van der Waals surface area contributed by atoms with Crippen molar-refractivity contribution in [2.24, 2.45) is 5.92 Å². The van der Waals surface area contributed by atoms with Crippen molar-refractivity contribution in [1.29, 1.82) is 0 Å². The van der Waals surface area contributed by atoms with Gasteiger partial charge in [-0.1, -0.05) is 12.1 Å². The third-order valence-electron chi connectivity index (χ3n) is 4.29. The Labute approximate surface area is 131 Å². The molecule has 2 heterocycles. The predicted octanol–water partition coefficient (Wildman–Crippen LogP) is 1.39. The van der Waals surface area contributed by atoms with E-state index in [2.05, 4.69) is 16.7 Å². The Morgan fingerprint density at radius 2 is 2.36 bits per heavy atom. The number of amides is 1. The van der Waals surface area contributed by atoms with Crippen molar-refractivity contribution in [3.8, 4) is 5.75 Å². The summed E-state index contributed by atoms with van der Waals surface area (Å²) in [5.74, 6) is 1.08. The highest BCUT2D eigenvalue weighted by Crippen LogP contribution is 2.24. The number of ether oxygens (including phenoxy) is 2. The van der Waals surface area contributed by atoms with Crippen molar-refractivity contribution in [2.45, 2.75) is 32.4 Å². The normalized spacial score (nSPS) is 24.4. The average molecular weight is 304 g/mol. The fraction of sp³-hybridized carbons (Fsp3) is 0.588. The summed E-state index contributed by atoms with van der Waals surface area (Å²) in [4.78, 5) is 12.1. The molecule has 120 valence electrons. The minimum atomic E-state index is 0.0954. The first-order chi connectivity index (χ1) is 10.7. The van der Waals surface area contributed by atoms with E-state index in [9.17, 15) is 4.79 Å². The lowest BCUT2D eigenvalue weighted by atomic mass is 10.1.